The zero-order valence-corrected chi connectivity index (χ0v) is 20.7. The molecule has 0 N–H and O–H groups in total. The van der Waals surface area contributed by atoms with Crippen LogP contribution in [0.5, 0.6) is 11.5 Å². The summed E-state index contributed by atoms with van der Waals surface area (Å²) in [4.78, 5) is 26.2. The molecule has 7 rings (SSSR count). The van der Waals surface area contributed by atoms with Crippen molar-refractivity contribution in [2.45, 2.75) is 13.0 Å². The number of hydrazone groups is 1. The van der Waals surface area contributed by atoms with E-state index in [9.17, 15) is 9.59 Å². The van der Waals surface area contributed by atoms with E-state index >= 15 is 0 Å². The molecule has 2 aromatic rings. The highest BCUT2D eigenvalue weighted by molar-refractivity contribution is 9.10. The quantitative estimate of drug-likeness (QED) is 0.291. The molecule has 2 aromatic carbocycles. The lowest BCUT2D eigenvalue weighted by atomic mass is 9.63. The average molecular weight is 542 g/mol. The Kier molecular flexibility index (Phi) is 5.30. The molecule has 1 heterocycles. The third-order valence-corrected chi connectivity index (χ3v) is 8.50. The minimum atomic E-state index is -0.259. The molecule has 1 saturated heterocycles. The topological polar surface area (TPSA) is 68.2 Å². The third kappa shape index (κ3) is 3.40. The first-order chi connectivity index (χ1) is 16.5. The number of nitrogens with zero attached hydrogens (tertiary/aromatic N) is 2. The number of carbonyl (C=O) groups is 2. The Morgan fingerprint density at radius 2 is 1.79 bits per heavy atom. The first-order valence-corrected chi connectivity index (χ1v) is 12.5. The molecule has 6 atom stereocenters. The molecular weight excluding hydrogens is 520 g/mol. The monoisotopic (exact) mass is 540 g/mol. The molecule has 0 radical (unpaired) electrons. The van der Waals surface area contributed by atoms with Gasteiger partial charge in [0, 0.05) is 10.6 Å². The smallest absolute Gasteiger partial charge is 0.254 e. The Bertz CT molecular complexity index is 1230. The van der Waals surface area contributed by atoms with Gasteiger partial charge in [-0.15, -0.1) is 0 Å². The van der Waals surface area contributed by atoms with E-state index < -0.39 is 0 Å². The number of allylic oxidation sites excluding steroid dienone is 2. The molecule has 0 unspecified atom stereocenters. The third-order valence-electron chi connectivity index (χ3n) is 7.54. The van der Waals surface area contributed by atoms with Crippen LogP contribution in [0.3, 0.4) is 0 Å². The normalized spacial score (nSPS) is 30.6. The van der Waals surface area contributed by atoms with Crippen molar-refractivity contribution >= 4 is 45.6 Å². The minimum absolute atomic E-state index is 0.179. The van der Waals surface area contributed by atoms with Crippen LogP contribution in [0.25, 0.3) is 0 Å². The molecule has 2 amide bonds. The lowest BCUT2D eigenvalue weighted by molar-refractivity contribution is -0.140. The number of amides is 2. The fourth-order valence-corrected chi connectivity index (χ4v) is 6.66. The van der Waals surface area contributed by atoms with E-state index in [4.69, 9.17) is 21.1 Å². The van der Waals surface area contributed by atoms with E-state index in [0.717, 1.165) is 17.0 Å². The van der Waals surface area contributed by atoms with Gasteiger partial charge in [-0.2, -0.15) is 10.1 Å². The fraction of sp³-hybridized carbons (Fsp3) is 0.346. The van der Waals surface area contributed by atoms with Crippen LogP contribution in [0.15, 0.2) is 58.1 Å². The molecule has 34 heavy (non-hydrogen) atoms. The number of rotatable bonds is 6. The van der Waals surface area contributed by atoms with E-state index in [2.05, 4.69) is 33.2 Å². The van der Waals surface area contributed by atoms with Gasteiger partial charge in [-0.1, -0.05) is 42.0 Å². The van der Waals surface area contributed by atoms with Gasteiger partial charge in [0.05, 0.1) is 29.6 Å². The summed E-state index contributed by atoms with van der Waals surface area (Å²) in [6.07, 6.45) is 6.97. The van der Waals surface area contributed by atoms with Crippen molar-refractivity contribution in [1.82, 2.24) is 5.01 Å². The van der Waals surface area contributed by atoms with E-state index in [1.165, 1.54) is 6.21 Å². The van der Waals surface area contributed by atoms with Gasteiger partial charge < -0.3 is 9.47 Å². The van der Waals surface area contributed by atoms with Crippen LogP contribution in [0.2, 0.25) is 5.02 Å². The summed E-state index contributed by atoms with van der Waals surface area (Å²) < 4.78 is 12.2. The summed E-state index contributed by atoms with van der Waals surface area (Å²) in [5.74, 6) is 1.64. The number of carbonyl (C=O) groups excluding carboxylic acids is 2. The zero-order valence-electron chi connectivity index (χ0n) is 18.4. The highest BCUT2D eigenvalue weighted by atomic mass is 79.9. The van der Waals surface area contributed by atoms with Gasteiger partial charge >= 0.3 is 0 Å². The number of methoxy groups -OCH3 is 1. The van der Waals surface area contributed by atoms with Gasteiger partial charge in [0.2, 0.25) is 0 Å². The maximum absolute atomic E-state index is 13.1. The van der Waals surface area contributed by atoms with Crippen molar-refractivity contribution in [3.05, 3.63) is 69.2 Å². The highest BCUT2D eigenvalue weighted by Gasteiger charge is 2.67. The SMILES string of the molecule is COc1cc(C=NN2C(=O)[C@@H]3[C@H]4C=C[C@@H]([C@@H]5C[C@@H]45)[C@H]3C2=O)cc(Br)c1OCc1ccccc1Cl. The Balaban J connectivity index is 1.21. The van der Waals surface area contributed by atoms with Crippen LogP contribution in [0.1, 0.15) is 17.5 Å². The molecule has 0 aromatic heterocycles. The van der Waals surface area contributed by atoms with E-state index in [1.807, 2.05) is 30.3 Å². The Morgan fingerprint density at radius 1 is 1.12 bits per heavy atom. The van der Waals surface area contributed by atoms with Gasteiger partial charge in [-0.3, -0.25) is 9.59 Å². The molecule has 4 aliphatic carbocycles. The van der Waals surface area contributed by atoms with Crippen molar-refractivity contribution in [3.8, 4) is 11.5 Å². The van der Waals surface area contributed by atoms with Crippen molar-refractivity contribution in [2.75, 3.05) is 7.11 Å². The van der Waals surface area contributed by atoms with Crippen LogP contribution in [0, 0.1) is 35.5 Å². The van der Waals surface area contributed by atoms with Gasteiger partial charge in [-0.25, -0.2) is 0 Å². The molecular formula is C26H22BrClN2O4. The predicted octanol–water partition coefficient (Wildman–Crippen LogP) is 5.08. The maximum atomic E-state index is 13.1. The van der Waals surface area contributed by atoms with Gasteiger partial charge in [0.1, 0.15) is 6.61 Å². The van der Waals surface area contributed by atoms with Crippen molar-refractivity contribution in [3.63, 3.8) is 0 Å². The lowest BCUT2D eigenvalue weighted by Crippen LogP contribution is -2.40. The second-order valence-electron chi connectivity index (χ2n) is 9.30. The van der Waals surface area contributed by atoms with Gasteiger partial charge in [0.25, 0.3) is 11.8 Å². The summed E-state index contributed by atoms with van der Waals surface area (Å²) in [5.41, 5.74) is 1.53. The number of hydrogen-bond donors (Lipinski definition) is 0. The Hall–Kier alpha value is -2.64. The average Bonchev–Trinajstić information content (AvgIpc) is 3.62. The Morgan fingerprint density at radius 3 is 2.44 bits per heavy atom. The molecule has 1 aliphatic heterocycles. The summed E-state index contributed by atoms with van der Waals surface area (Å²) in [6.45, 7) is 0.278. The van der Waals surface area contributed by atoms with E-state index in [-0.39, 0.29) is 42.1 Å². The molecule has 6 nitrogen and oxygen atoms in total. The molecule has 5 aliphatic rings. The summed E-state index contributed by atoms with van der Waals surface area (Å²) in [7, 11) is 1.55. The number of imide groups is 1. The number of hydrogen-bond acceptors (Lipinski definition) is 5. The molecule has 0 spiro atoms. The first kappa shape index (κ1) is 21.9. The molecule has 8 heteroatoms. The minimum Gasteiger partial charge on any atom is -0.493 e. The standard InChI is InChI=1S/C26H22BrClN2O4/c1-33-21-9-13(8-19(27)24(21)34-12-14-4-2-3-5-20(14)28)11-29-30-25(31)22-15-6-7-16(18-10-17(15)18)23(22)26(30)32/h2-9,11,15-18,22-23H,10,12H2,1H3/t15-,16-,17-,18-,22+,23+/m0/s1. The lowest BCUT2D eigenvalue weighted by Gasteiger charge is -2.37. The predicted molar refractivity (Wildman–Crippen MR) is 131 cm³/mol. The van der Waals surface area contributed by atoms with Crippen LogP contribution in [-0.4, -0.2) is 30.1 Å². The number of halogens is 2. The van der Waals surface area contributed by atoms with E-state index in [0.29, 0.717) is 38.4 Å². The molecule has 174 valence electrons. The zero-order chi connectivity index (χ0) is 23.6. The Labute approximate surface area is 210 Å². The second kappa shape index (κ2) is 8.24. The van der Waals surface area contributed by atoms with Crippen molar-refractivity contribution < 1.29 is 19.1 Å². The molecule has 2 saturated carbocycles. The summed E-state index contributed by atoms with van der Waals surface area (Å²) in [5, 5.41) is 6.02. The maximum Gasteiger partial charge on any atom is 0.254 e. The highest BCUT2D eigenvalue weighted by Crippen LogP contribution is 2.65. The van der Waals surface area contributed by atoms with Crippen molar-refractivity contribution in [2.24, 2.45) is 40.6 Å². The number of benzene rings is 2. The molecule has 2 bridgehead atoms. The van der Waals surface area contributed by atoms with Crippen molar-refractivity contribution in [1.29, 1.82) is 0 Å². The second-order valence-corrected chi connectivity index (χ2v) is 10.6. The summed E-state index contributed by atoms with van der Waals surface area (Å²) in [6, 6.07) is 11.1. The van der Waals surface area contributed by atoms with Crippen LogP contribution in [-0.2, 0) is 16.2 Å². The number of ether oxygens (including phenoxy) is 2. The van der Waals surface area contributed by atoms with Crippen LogP contribution < -0.4 is 9.47 Å². The van der Waals surface area contributed by atoms with Gasteiger partial charge in [-0.05, 0) is 69.8 Å². The summed E-state index contributed by atoms with van der Waals surface area (Å²) >= 11 is 9.77. The van der Waals surface area contributed by atoms with Gasteiger partial charge in [0.15, 0.2) is 11.5 Å². The van der Waals surface area contributed by atoms with Crippen LogP contribution >= 0.6 is 27.5 Å². The largest absolute Gasteiger partial charge is 0.493 e. The molecule has 3 fully saturated rings. The van der Waals surface area contributed by atoms with Crippen LogP contribution in [0.4, 0.5) is 0 Å². The first-order valence-electron chi connectivity index (χ1n) is 11.3. The fourth-order valence-electron chi connectivity index (χ4n) is 5.90. The van der Waals surface area contributed by atoms with E-state index in [1.54, 1.807) is 13.2 Å².